The molecule has 2 aromatic heterocycles. The van der Waals surface area contributed by atoms with E-state index in [1.54, 1.807) is 12.1 Å². The largest absolute Gasteiger partial charge is 0.320 e. The Balaban J connectivity index is 1.74. The zero-order valence-electron chi connectivity index (χ0n) is 12.9. The fourth-order valence-electron chi connectivity index (χ4n) is 2.25. The minimum Gasteiger partial charge on any atom is -0.288 e. The van der Waals surface area contributed by atoms with Crippen LogP contribution < -0.4 is 5.32 Å². The van der Waals surface area contributed by atoms with Gasteiger partial charge < -0.3 is 0 Å². The van der Waals surface area contributed by atoms with Gasteiger partial charge in [0.25, 0.3) is 5.91 Å². The molecule has 1 amide bonds. The van der Waals surface area contributed by atoms with Gasteiger partial charge in [-0.3, -0.25) is 30.0 Å². The molecule has 3 aromatic rings. The minimum absolute atomic E-state index is 0.0492. The number of hydrogen-bond donors (Lipinski definition) is 2. The Labute approximate surface area is 139 Å². The van der Waals surface area contributed by atoms with Gasteiger partial charge in [0.15, 0.2) is 0 Å². The predicted molar refractivity (Wildman–Crippen MR) is 83.4 cm³/mol. The summed E-state index contributed by atoms with van der Waals surface area (Å²) in [7, 11) is 1.41. The van der Waals surface area contributed by atoms with E-state index in [1.165, 1.54) is 19.2 Å². The highest BCUT2D eigenvalue weighted by molar-refractivity contribution is 6.04. The number of nitro groups is 1. The van der Waals surface area contributed by atoms with Crippen LogP contribution in [0.5, 0.6) is 0 Å². The summed E-state index contributed by atoms with van der Waals surface area (Å²) in [5.41, 5.74) is 0.0355. The first-order valence-corrected chi connectivity index (χ1v) is 7.07. The number of hydrogen-bond acceptors (Lipinski definition) is 6. The van der Waals surface area contributed by atoms with Crippen LogP contribution in [0.1, 0.15) is 21.9 Å². The molecular formula is C14H12FN7O3. The van der Waals surface area contributed by atoms with Crippen molar-refractivity contribution in [3.8, 4) is 0 Å². The highest BCUT2D eigenvalue weighted by atomic mass is 19.1. The SMILES string of the molecule is Cn1ncc([N+](=O)[O-])c1C(=O)Nc1n[nH]c(Cc2cccc(F)c2)n1. The van der Waals surface area contributed by atoms with Crippen molar-refractivity contribution in [3.63, 3.8) is 0 Å². The summed E-state index contributed by atoms with van der Waals surface area (Å²) in [6.07, 6.45) is 1.27. The van der Waals surface area contributed by atoms with Crippen LogP contribution in [0.3, 0.4) is 0 Å². The summed E-state index contributed by atoms with van der Waals surface area (Å²) < 4.78 is 14.3. The van der Waals surface area contributed by atoms with Gasteiger partial charge in [0.05, 0.1) is 4.92 Å². The molecule has 0 aliphatic carbocycles. The van der Waals surface area contributed by atoms with Gasteiger partial charge in [-0.15, -0.1) is 5.10 Å². The van der Waals surface area contributed by atoms with Crippen LogP contribution in [0.25, 0.3) is 0 Å². The van der Waals surface area contributed by atoms with Crippen molar-refractivity contribution in [2.45, 2.75) is 6.42 Å². The Hall–Kier alpha value is -3.63. The number of anilines is 1. The van der Waals surface area contributed by atoms with Gasteiger partial charge >= 0.3 is 5.69 Å². The molecule has 10 nitrogen and oxygen atoms in total. The van der Waals surface area contributed by atoms with Crippen LogP contribution in [-0.4, -0.2) is 35.8 Å². The quantitative estimate of drug-likeness (QED) is 0.531. The Morgan fingerprint density at radius 1 is 1.48 bits per heavy atom. The van der Waals surface area contributed by atoms with Crippen LogP contribution >= 0.6 is 0 Å². The molecule has 0 aliphatic heterocycles. The molecule has 0 atom stereocenters. The molecule has 0 saturated carbocycles. The molecule has 1 aromatic carbocycles. The number of benzene rings is 1. The van der Waals surface area contributed by atoms with Crippen molar-refractivity contribution in [1.29, 1.82) is 0 Å². The second-order valence-corrected chi connectivity index (χ2v) is 5.13. The van der Waals surface area contributed by atoms with Crippen LogP contribution in [-0.2, 0) is 13.5 Å². The van der Waals surface area contributed by atoms with Crippen molar-refractivity contribution in [3.05, 3.63) is 63.5 Å². The lowest BCUT2D eigenvalue weighted by atomic mass is 10.1. The number of carbonyl (C=O) groups excluding carboxylic acids is 1. The van der Waals surface area contributed by atoms with Gasteiger partial charge in [-0.05, 0) is 17.7 Å². The number of carbonyl (C=O) groups is 1. The molecule has 11 heteroatoms. The summed E-state index contributed by atoms with van der Waals surface area (Å²) in [5.74, 6) is -0.774. The van der Waals surface area contributed by atoms with Crippen molar-refractivity contribution in [2.75, 3.05) is 5.32 Å². The Morgan fingerprint density at radius 3 is 3.00 bits per heavy atom. The fraction of sp³-hybridized carbons (Fsp3) is 0.143. The van der Waals surface area contributed by atoms with E-state index in [-0.39, 0.29) is 23.9 Å². The number of nitrogens with one attached hydrogen (secondary N) is 2. The molecule has 0 radical (unpaired) electrons. The lowest BCUT2D eigenvalue weighted by Gasteiger charge is -2.01. The normalized spacial score (nSPS) is 10.6. The maximum absolute atomic E-state index is 13.2. The maximum atomic E-state index is 13.2. The van der Waals surface area contributed by atoms with Gasteiger partial charge in [0, 0.05) is 13.5 Å². The predicted octanol–water partition coefficient (Wildman–Crippen LogP) is 1.43. The van der Waals surface area contributed by atoms with Gasteiger partial charge in [-0.25, -0.2) is 4.39 Å². The molecule has 25 heavy (non-hydrogen) atoms. The zero-order valence-corrected chi connectivity index (χ0v) is 12.9. The third-order valence-corrected chi connectivity index (χ3v) is 3.35. The van der Waals surface area contributed by atoms with Crippen LogP contribution in [0.15, 0.2) is 30.5 Å². The van der Waals surface area contributed by atoms with Crippen LogP contribution in [0.4, 0.5) is 16.0 Å². The van der Waals surface area contributed by atoms with Crippen LogP contribution in [0, 0.1) is 15.9 Å². The summed E-state index contributed by atoms with van der Waals surface area (Å²) in [5, 5.41) is 23.4. The van der Waals surface area contributed by atoms with E-state index in [9.17, 15) is 19.3 Å². The summed E-state index contributed by atoms with van der Waals surface area (Å²) in [6, 6.07) is 5.99. The summed E-state index contributed by atoms with van der Waals surface area (Å²) in [4.78, 5) is 26.5. The Kier molecular flexibility index (Phi) is 4.20. The van der Waals surface area contributed by atoms with E-state index in [2.05, 4.69) is 25.6 Å². The monoisotopic (exact) mass is 345 g/mol. The Morgan fingerprint density at radius 2 is 2.28 bits per heavy atom. The van der Waals surface area contributed by atoms with Crippen molar-refractivity contribution in [1.82, 2.24) is 25.0 Å². The number of halogens is 1. The van der Waals surface area contributed by atoms with Crippen molar-refractivity contribution >= 4 is 17.5 Å². The second kappa shape index (κ2) is 6.47. The number of rotatable bonds is 5. The molecule has 0 unspecified atom stereocenters. The Bertz CT molecular complexity index is 950. The molecule has 0 saturated heterocycles. The van der Waals surface area contributed by atoms with Gasteiger partial charge in [-0.1, -0.05) is 12.1 Å². The molecule has 0 aliphatic rings. The molecule has 128 valence electrons. The third kappa shape index (κ3) is 3.49. The number of aromatic nitrogens is 5. The van der Waals surface area contributed by atoms with E-state index >= 15 is 0 Å². The molecule has 2 heterocycles. The summed E-state index contributed by atoms with van der Waals surface area (Å²) in [6.45, 7) is 0. The number of H-pyrrole nitrogens is 1. The first-order valence-electron chi connectivity index (χ1n) is 7.07. The standard InChI is InChI=1S/C14H12FN7O3/c1-21-12(10(7-16-21)22(24)25)13(23)18-14-17-11(19-20-14)6-8-3-2-4-9(15)5-8/h2-5,7H,6H2,1H3,(H2,17,18,19,20,23). The van der Waals surface area contributed by atoms with Gasteiger partial charge in [0.1, 0.15) is 17.8 Å². The first-order chi connectivity index (χ1) is 11.9. The maximum Gasteiger partial charge on any atom is 0.320 e. The average molecular weight is 345 g/mol. The van der Waals surface area contributed by atoms with E-state index < -0.39 is 16.5 Å². The van der Waals surface area contributed by atoms with E-state index in [0.717, 1.165) is 10.9 Å². The molecule has 0 bridgehead atoms. The zero-order chi connectivity index (χ0) is 18.0. The molecule has 3 rings (SSSR count). The minimum atomic E-state index is -0.761. The van der Waals surface area contributed by atoms with Crippen molar-refractivity contribution < 1.29 is 14.1 Å². The highest BCUT2D eigenvalue weighted by Crippen LogP contribution is 2.18. The second-order valence-electron chi connectivity index (χ2n) is 5.13. The molecular weight excluding hydrogens is 333 g/mol. The number of nitrogens with zero attached hydrogens (tertiary/aromatic N) is 5. The number of amides is 1. The highest BCUT2D eigenvalue weighted by Gasteiger charge is 2.26. The lowest BCUT2D eigenvalue weighted by molar-refractivity contribution is -0.385. The van der Waals surface area contributed by atoms with E-state index in [4.69, 9.17) is 0 Å². The van der Waals surface area contributed by atoms with E-state index in [0.29, 0.717) is 11.4 Å². The molecule has 0 fully saturated rings. The van der Waals surface area contributed by atoms with Crippen molar-refractivity contribution in [2.24, 2.45) is 7.05 Å². The van der Waals surface area contributed by atoms with Gasteiger partial charge in [-0.2, -0.15) is 10.1 Å². The number of aromatic amines is 1. The summed E-state index contributed by atoms with van der Waals surface area (Å²) >= 11 is 0. The number of aryl methyl sites for hydroxylation is 1. The molecule has 2 N–H and O–H groups in total. The average Bonchev–Trinajstić information content (AvgIpc) is 3.14. The van der Waals surface area contributed by atoms with Crippen LogP contribution in [0.2, 0.25) is 0 Å². The van der Waals surface area contributed by atoms with Gasteiger partial charge in [0.2, 0.25) is 11.6 Å². The van der Waals surface area contributed by atoms with E-state index in [1.807, 2.05) is 0 Å². The topological polar surface area (TPSA) is 132 Å². The molecule has 0 spiro atoms. The fourth-order valence-corrected chi connectivity index (χ4v) is 2.25. The smallest absolute Gasteiger partial charge is 0.288 e. The third-order valence-electron chi connectivity index (χ3n) is 3.35. The lowest BCUT2D eigenvalue weighted by Crippen LogP contribution is -2.18. The first kappa shape index (κ1) is 16.2.